The van der Waals surface area contributed by atoms with Crippen molar-refractivity contribution in [1.29, 1.82) is 0 Å². The topological polar surface area (TPSA) is 84.9 Å². The lowest BCUT2D eigenvalue weighted by Gasteiger charge is -2.34. The molecular formula is C20H24N2O5S. The Morgan fingerprint density at radius 1 is 1.25 bits per heavy atom. The summed E-state index contributed by atoms with van der Waals surface area (Å²) in [4.78, 5) is 12.6. The molecule has 1 aliphatic heterocycles. The minimum atomic E-state index is -3.53. The molecule has 0 bridgehead atoms. The summed E-state index contributed by atoms with van der Waals surface area (Å²) >= 11 is 0. The molecule has 0 fully saturated rings. The maximum Gasteiger partial charge on any atom is 0.263 e. The fraction of sp³-hybridized carbons (Fsp3) is 0.350. The van der Waals surface area contributed by atoms with Crippen LogP contribution in [0.4, 0.5) is 5.69 Å². The Morgan fingerprint density at radius 2 is 1.96 bits per heavy atom. The van der Waals surface area contributed by atoms with Crippen molar-refractivity contribution >= 4 is 21.6 Å². The van der Waals surface area contributed by atoms with Gasteiger partial charge in [0.05, 0.1) is 25.6 Å². The maximum absolute atomic E-state index is 12.6. The van der Waals surface area contributed by atoms with Gasteiger partial charge in [-0.25, -0.2) is 8.42 Å². The zero-order valence-corrected chi connectivity index (χ0v) is 17.0. The lowest BCUT2D eigenvalue weighted by molar-refractivity contribution is -0.127. The highest BCUT2D eigenvalue weighted by atomic mass is 32.2. The van der Waals surface area contributed by atoms with Gasteiger partial charge in [0, 0.05) is 6.54 Å². The molecule has 1 amide bonds. The monoisotopic (exact) mass is 404 g/mol. The molecule has 2 aromatic carbocycles. The molecule has 8 heteroatoms. The number of benzene rings is 2. The van der Waals surface area contributed by atoms with E-state index in [-0.39, 0.29) is 12.5 Å². The number of nitrogens with one attached hydrogen (secondary N) is 1. The number of methoxy groups -OCH3 is 1. The van der Waals surface area contributed by atoms with Gasteiger partial charge in [-0.1, -0.05) is 18.2 Å². The van der Waals surface area contributed by atoms with E-state index in [4.69, 9.17) is 9.47 Å². The number of carbonyl (C=O) groups excluding carboxylic acids is 1. The quantitative estimate of drug-likeness (QED) is 0.795. The van der Waals surface area contributed by atoms with Gasteiger partial charge in [-0.2, -0.15) is 0 Å². The molecule has 0 unspecified atom stereocenters. The molecule has 3 rings (SSSR count). The molecular weight excluding hydrogens is 380 g/mol. The predicted octanol–water partition coefficient (Wildman–Crippen LogP) is 1.89. The van der Waals surface area contributed by atoms with Crippen LogP contribution < -0.4 is 19.1 Å². The third-order valence-corrected chi connectivity index (χ3v) is 5.70. The van der Waals surface area contributed by atoms with Crippen molar-refractivity contribution in [3.05, 3.63) is 53.6 Å². The number of rotatable bonds is 6. The first-order valence-electron chi connectivity index (χ1n) is 8.93. The largest absolute Gasteiger partial charge is 0.497 e. The lowest BCUT2D eigenvalue weighted by atomic mass is 10.1. The number of hydrogen-bond acceptors (Lipinski definition) is 5. The molecule has 0 saturated heterocycles. The highest BCUT2D eigenvalue weighted by Gasteiger charge is 2.34. The molecule has 0 spiro atoms. The Hall–Kier alpha value is -2.74. The second-order valence-corrected chi connectivity index (χ2v) is 8.67. The molecule has 2 aromatic rings. The number of aryl methyl sites for hydroxylation is 1. The number of carbonyl (C=O) groups is 1. The molecule has 0 saturated carbocycles. The van der Waals surface area contributed by atoms with E-state index in [1.807, 2.05) is 37.3 Å². The normalized spacial score (nSPS) is 16.1. The van der Waals surface area contributed by atoms with Crippen molar-refractivity contribution in [2.45, 2.75) is 19.4 Å². The summed E-state index contributed by atoms with van der Waals surface area (Å²) in [6.07, 6.45) is 0.873. The predicted molar refractivity (Wildman–Crippen MR) is 107 cm³/mol. The third kappa shape index (κ3) is 4.56. The molecule has 7 nitrogen and oxygen atoms in total. The van der Waals surface area contributed by atoms with Gasteiger partial charge in [-0.3, -0.25) is 9.10 Å². The molecule has 1 aliphatic rings. The molecule has 28 heavy (non-hydrogen) atoms. The number of anilines is 1. The Morgan fingerprint density at radius 3 is 2.61 bits per heavy atom. The summed E-state index contributed by atoms with van der Waals surface area (Å²) in [5.41, 5.74) is 2.44. The first-order chi connectivity index (χ1) is 13.3. The smallest absolute Gasteiger partial charge is 0.263 e. The van der Waals surface area contributed by atoms with Gasteiger partial charge in [0.15, 0.2) is 6.10 Å². The van der Waals surface area contributed by atoms with E-state index in [9.17, 15) is 13.2 Å². The van der Waals surface area contributed by atoms with E-state index >= 15 is 0 Å². The SMILES string of the molecule is COc1ccc(CCNC(=O)[C@@H]2CN(S(C)(=O)=O)c3cc(C)ccc3O2)cc1. The van der Waals surface area contributed by atoms with Crippen LogP contribution in [-0.4, -0.2) is 46.9 Å². The van der Waals surface area contributed by atoms with Crippen LogP contribution in [0.3, 0.4) is 0 Å². The van der Waals surface area contributed by atoms with Crippen LogP contribution >= 0.6 is 0 Å². The Kier molecular flexibility index (Phi) is 5.79. The highest BCUT2D eigenvalue weighted by Crippen LogP contribution is 2.35. The summed E-state index contributed by atoms with van der Waals surface area (Å²) in [5, 5.41) is 2.83. The van der Waals surface area contributed by atoms with E-state index in [2.05, 4.69) is 5.32 Å². The van der Waals surface area contributed by atoms with Crippen molar-refractivity contribution in [2.75, 3.05) is 30.8 Å². The van der Waals surface area contributed by atoms with E-state index < -0.39 is 16.1 Å². The van der Waals surface area contributed by atoms with E-state index in [0.717, 1.165) is 23.1 Å². The van der Waals surface area contributed by atoms with Crippen molar-refractivity contribution in [2.24, 2.45) is 0 Å². The van der Waals surface area contributed by atoms with Crippen molar-refractivity contribution in [3.63, 3.8) is 0 Å². The Balaban J connectivity index is 1.66. The number of nitrogens with zero attached hydrogens (tertiary/aromatic N) is 1. The number of amides is 1. The van der Waals surface area contributed by atoms with Crippen LogP contribution in [0.2, 0.25) is 0 Å². The van der Waals surface area contributed by atoms with Gasteiger partial charge in [0.2, 0.25) is 10.0 Å². The summed E-state index contributed by atoms with van der Waals surface area (Å²) in [6, 6.07) is 12.9. The molecule has 1 heterocycles. The van der Waals surface area contributed by atoms with Crippen LogP contribution in [-0.2, 0) is 21.2 Å². The lowest BCUT2D eigenvalue weighted by Crippen LogP contribution is -2.50. The average molecular weight is 404 g/mol. The minimum Gasteiger partial charge on any atom is -0.497 e. The van der Waals surface area contributed by atoms with Crippen LogP contribution in [0.1, 0.15) is 11.1 Å². The summed E-state index contributed by atoms with van der Waals surface area (Å²) in [7, 11) is -1.92. The van der Waals surface area contributed by atoms with Gasteiger partial charge in [-0.15, -0.1) is 0 Å². The Bertz CT molecular complexity index is 957. The van der Waals surface area contributed by atoms with Gasteiger partial charge < -0.3 is 14.8 Å². The Labute approximate surface area is 165 Å². The van der Waals surface area contributed by atoms with E-state index in [1.54, 1.807) is 19.2 Å². The highest BCUT2D eigenvalue weighted by molar-refractivity contribution is 7.92. The van der Waals surface area contributed by atoms with Crippen molar-refractivity contribution in [3.8, 4) is 11.5 Å². The summed E-state index contributed by atoms with van der Waals surface area (Å²) in [6.45, 7) is 2.24. The van der Waals surface area contributed by atoms with Gasteiger partial charge in [0.25, 0.3) is 5.91 Å². The van der Waals surface area contributed by atoms with E-state index in [0.29, 0.717) is 24.4 Å². The van der Waals surface area contributed by atoms with E-state index in [1.165, 1.54) is 4.31 Å². The van der Waals surface area contributed by atoms with Crippen LogP contribution in [0.5, 0.6) is 11.5 Å². The fourth-order valence-corrected chi connectivity index (χ4v) is 3.95. The van der Waals surface area contributed by atoms with Gasteiger partial charge in [-0.05, 0) is 48.7 Å². The van der Waals surface area contributed by atoms with Crippen molar-refractivity contribution < 1.29 is 22.7 Å². The second-order valence-electron chi connectivity index (χ2n) is 6.76. The number of fused-ring (bicyclic) bond motifs is 1. The van der Waals surface area contributed by atoms with Crippen LogP contribution in [0, 0.1) is 6.92 Å². The first kappa shape index (κ1) is 20.0. The first-order valence-corrected chi connectivity index (χ1v) is 10.8. The number of sulfonamides is 1. The summed E-state index contributed by atoms with van der Waals surface area (Å²) in [5.74, 6) is 0.823. The molecule has 0 radical (unpaired) electrons. The molecule has 1 N–H and O–H groups in total. The summed E-state index contributed by atoms with van der Waals surface area (Å²) < 4.78 is 36.5. The molecule has 0 aromatic heterocycles. The number of hydrogen-bond donors (Lipinski definition) is 1. The molecule has 150 valence electrons. The standard InChI is InChI=1S/C20H24N2O5S/c1-14-4-9-18-17(12-14)22(28(3,24)25)13-19(27-18)20(23)21-11-10-15-5-7-16(26-2)8-6-15/h4-9,12,19H,10-11,13H2,1-3H3,(H,21,23)/t19-/m0/s1. The molecule has 0 aliphatic carbocycles. The van der Waals surface area contributed by atoms with Crippen LogP contribution in [0.15, 0.2) is 42.5 Å². The van der Waals surface area contributed by atoms with Gasteiger partial charge >= 0.3 is 0 Å². The van der Waals surface area contributed by atoms with Crippen molar-refractivity contribution in [1.82, 2.24) is 5.32 Å². The minimum absolute atomic E-state index is 0.0519. The zero-order chi connectivity index (χ0) is 20.3. The number of ether oxygens (including phenoxy) is 2. The average Bonchev–Trinajstić information content (AvgIpc) is 2.66. The van der Waals surface area contributed by atoms with Gasteiger partial charge in [0.1, 0.15) is 11.5 Å². The molecule has 1 atom stereocenters. The van der Waals surface area contributed by atoms with Crippen LogP contribution in [0.25, 0.3) is 0 Å². The third-order valence-electron chi connectivity index (χ3n) is 4.55. The fourth-order valence-electron chi connectivity index (χ4n) is 3.05. The zero-order valence-electron chi connectivity index (χ0n) is 16.1. The second kappa shape index (κ2) is 8.10. The maximum atomic E-state index is 12.6.